The molecule has 3 aromatic rings. The van der Waals surface area contributed by atoms with Crippen molar-refractivity contribution in [2.75, 3.05) is 4.90 Å². The minimum absolute atomic E-state index is 0.199. The van der Waals surface area contributed by atoms with Crippen molar-refractivity contribution in [2.45, 2.75) is 19.8 Å². The summed E-state index contributed by atoms with van der Waals surface area (Å²) < 4.78 is 17.9. The second kappa shape index (κ2) is 5.62. The number of nitrogens with zero attached hydrogens (tertiary/aromatic N) is 2. The molecular weight excluding hydrogens is 442 g/mol. The molecule has 0 amide bonds. The van der Waals surface area contributed by atoms with Crippen LogP contribution in [0.15, 0.2) is 54.7 Å². The molecule has 2 aliphatic rings. The predicted molar refractivity (Wildman–Crippen MR) is 104 cm³/mol. The van der Waals surface area contributed by atoms with Gasteiger partial charge >= 0.3 is 158 Å². The fourth-order valence-electron chi connectivity index (χ4n) is 3.39. The SMILES string of the molecule is CC(C)c1ccc2c(c1)N1c3ncccc3[Se]c3cccc(c31)[Se]2=O. The van der Waals surface area contributed by atoms with Crippen LogP contribution >= 0.6 is 0 Å². The van der Waals surface area contributed by atoms with Gasteiger partial charge in [-0.05, 0) is 0 Å². The molecule has 1 atom stereocenters. The molecule has 25 heavy (non-hydrogen) atoms. The summed E-state index contributed by atoms with van der Waals surface area (Å²) in [7, 11) is 0. The Morgan fingerprint density at radius 1 is 1.04 bits per heavy atom. The number of rotatable bonds is 1. The first-order valence-corrected chi connectivity index (χ1v) is 12.4. The van der Waals surface area contributed by atoms with E-state index in [0.717, 1.165) is 26.1 Å². The quantitative estimate of drug-likeness (QED) is 0.357. The van der Waals surface area contributed by atoms with Crippen LogP contribution in [0.1, 0.15) is 25.3 Å². The van der Waals surface area contributed by atoms with E-state index in [-0.39, 0.29) is 15.0 Å². The molecule has 124 valence electrons. The molecule has 2 aliphatic heterocycles. The van der Waals surface area contributed by atoms with Gasteiger partial charge in [0.2, 0.25) is 0 Å². The standard InChI is InChI=1S/C20H16N2OSe2/c1-12(2)13-8-9-17-14(11-13)22-19-15(5-3-7-18(19)25(17)23)24-16-6-4-10-21-20(16)22/h3-12H,1-2H3. The van der Waals surface area contributed by atoms with E-state index in [0.29, 0.717) is 5.92 Å². The van der Waals surface area contributed by atoms with Crippen LogP contribution in [0.5, 0.6) is 0 Å². The first-order chi connectivity index (χ1) is 12.1. The van der Waals surface area contributed by atoms with Crippen molar-refractivity contribution in [3.8, 4) is 0 Å². The van der Waals surface area contributed by atoms with E-state index < -0.39 is 13.8 Å². The average molecular weight is 458 g/mol. The Hall–Kier alpha value is -1.77. The zero-order chi connectivity index (χ0) is 17.1. The maximum atomic E-state index is 13.3. The van der Waals surface area contributed by atoms with Crippen molar-refractivity contribution in [3.63, 3.8) is 0 Å². The zero-order valence-corrected chi connectivity index (χ0v) is 17.3. The van der Waals surface area contributed by atoms with Gasteiger partial charge in [0.1, 0.15) is 0 Å². The molecular formula is C20H16N2OSe2. The third kappa shape index (κ3) is 2.20. The molecule has 3 heterocycles. The molecule has 3 nitrogen and oxygen atoms in total. The number of benzene rings is 2. The molecule has 5 rings (SSSR count). The van der Waals surface area contributed by atoms with Crippen molar-refractivity contribution in [1.82, 2.24) is 4.98 Å². The van der Waals surface area contributed by atoms with Crippen LogP contribution in [0, 0.1) is 0 Å². The fourth-order valence-corrected chi connectivity index (χ4v) is 8.77. The van der Waals surface area contributed by atoms with Crippen LogP contribution in [-0.2, 0) is 3.83 Å². The summed E-state index contributed by atoms with van der Waals surface area (Å²) >= 11 is -2.05. The summed E-state index contributed by atoms with van der Waals surface area (Å²) in [5, 5.41) is 0. The molecule has 0 radical (unpaired) electrons. The van der Waals surface area contributed by atoms with Crippen LogP contribution in [0.2, 0.25) is 0 Å². The van der Waals surface area contributed by atoms with Gasteiger partial charge in [-0.15, -0.1) is 0 Å². The van der Waals surface area contributed by atoms with Gasteiger partial charge in [-0.2, -0.15) is 0 Å². The van der Waals surface area contributed by atoms with Gasteiger partial charge in [0.05, 0.1) is 0 Å². The summed E-state index contributed by atoms with van der Waals surface area (Å²) in [4.78, 5) is 6.95. The van der Waals surface area contributed by atoms with Gasteiger partial charge in [0.25, 0.3) is 0 Å². The maximum absolute atomic E-state index is 13.3. The molecule has 1 unspecified atom stereocenters. The summed E-state index contributed by atoms with van der Waals surface area (Å²) in [5.74, 6) is 1.44. The van der Waals surface area contributed by atoms with Gasteiger partial charge in [0.15, 0.2) is 0 Å². The number of fused-ring (bicyclic) bond motifs is 4. The number of hydrogen-bond acceptors (Lipinski definition) is 3. The third-order valence-electron chi connectivity index (χ3n) is 4.66. The molecule has 0 bridgehead atoms. The zero-order valence-electron chi connectivity index (χ0n) is 13.9. The number of pyridine rings is 1. The van der Waals surface area contributed by atoms with E-state index >= 15 is 0 Å². The number of para-hydroxylation sites is 1. The monoisotopic (exact) mass is 460 g/mol. The van der Waals surface area contributed by atoms with Crippen LogP contribution in [0.25, 0.3) is 0 Å². The predicted octanol–water partition coefficient (Wildman–Crippen LogP) is 1.49. The minimum atomic E-state index is -2.25. The average Bonchev–Trinajstić information content (AvgIpc) is 2.64. The van der Waals surface area contributed by atoms with Gasteiger partial charge < -0.3 is 0 Å². The molecule has 0 fully saturated rings. The van der Waals surface area contributed by atoms with Crippen LogP contribution in [0.3, 0.4) is 0 Å². The second-order valence-corrected chi connectivity index (χ2v) is 11.8. The molecule has 0 saturated carbocycles. The summed E-state index contributed by atoms with van der Waals surface area (Å²) in [6.07, 6.45) is 1.86. The van der Waals surface area contributed by atoms with Gasteiger partial charge in [-0.3, -0.25) is 0 Å². The van der Waals surface area contributed by atoms with E-state index in [1.54, 1.807) is 0 Å². The Bertz CT molecular complexity index is 1050. The van der Waals surface area contributed by atoms with Crippen LogP contribution < -0.4 is 22.7 Å². The second-order valence-electron chi connectivity index (χ2n) is 6.52. The van der Waals surface area contributed by atoms with Gasteiger partial charge in [-0.1, -0.05) is 0 Å². The molecule has 1 aromatic heterocycles. The van der Waals surface area contributed by atoms with E-state index in [9.17, 15) is 3.83 Å². The molecule has 2 aromatic carbocycles. The molecule has 0 saturated heterocycles. The molecule has 0 spiro atoms. The van der Waals surface area contributed by atoms with E-state index in [4.69, 9.17) is 4.98 Å². The Balaban J connectivity index is 1.86. The van der Waals surface area contributed by atoms with Crippen molar-refractivity contribution >= 4 is 63.8 Å². The van der Waals surface area contributed by atoms with E-state index in [1.165, 1.54) is 14.5 Å². The fraction of sp³-hybridized carbons (Fsp3) is 0.150. The van der Waals surface area contributed by atoms with Crippen molar-refractivity contribution < 1.29 is 3.83 Å². The first-order valence-electron chi connectivity index (χ1n) is 8.27. The van der Waals surface area contributed by atoms with Gasteiger partial charge in [0, 0.05) is 0 Å². The van der Waals surface area contributed by atoms with Crippen LogP contribution in [-0.4, -0.2) is 33.8 Å². The normalized spacial score (nSPS) is 17.1. The van der Waals surface area contributed by atoms with E-state index in [1.807, 2.05) is 18.3 Å². The Kier molecular flexibility index (Phi) is 3.48. The Morgan fingerprint density at radius 2 is 1.88 bits per heavy atom. The molecule has 0 N–H and O–H groups in total. The third-order valence-corrected chi connectivity index (χ3v) is 10.0. The number of anilines is 3. The van der Waals surface area contributed by atoms with Crippen molar-refractivity contribution in [3.05, 3.63) is 60.3 Å². The Morgan fingerprint density at radius 3 is 2.72 bits per heavy atom. The van der Waals surface area contributed by atoms with E-state index in [2.05, 4.69) is 55.1 Å². The Labute approximate surface area is 157 Å². The first kappa shape index (κ1) is 15.5. The molecule has 5 heteroatoms. The van der Waals surface area contributed by atoms with Crippen molar-refractivity contribution in [2.24, 2.45) is 0 Å². The number of hydrogen-bond donors (Lipinski definition) is 0. The van der Waals surface area contributed by atoms with Gasteiger partial charge in [-0.25, -0.2) is 0 Å². The van der Waals surface area contributed by atoms with Crippen LogP contribution in [0.4, 0.5) is 17.2 Å². The van der Waals surface area contributed by atoms with Crippen molar-refractivity contribution in [1.29, 1.82) is 0 Å². The summed E-state index contributed by atoms with van der Waals surface area (Å²) in [6.45, 7) is 4.39. The molecule has 0 aliphatic carbocycles. The summed E-state index contributed by atoms with van der Waals surface area (Å²) in [5.41, 5.74) is 3.45. The topological polar surface area (TPSA) is 33.2 Å². The number of aromatic nitrogens is 1. The summed E-state index contributed by atoms with van der Waals surface area (Å²) in [6, 6.07) is 16.9.